The first-order valence-electron chi connectivity index (χ1n) is 7.49. The lowest BCUT2D eigenvalue weighted by Gasteiger charge is -2.36. The number of hydrogen-bond donors (Lipinski definition) is 0. The van der Waals surface area contributed by atoms with Gasteiger partial charge in [0.25, 0.3) is 10.2 Å². The van der Waals surface area contributed by atoms with E-state index in [2.05, 4.69) is 12.1 Å². The highest BCUT2D eigenvalue weighted by Gasteiger charge is 2.35. The Morgan fingerprint density at radius 1 is 1.24 bits per heavy atom. The van der Waals surface area contributed by atoms with Crippen LogP contribution < -0.4 is 0 Å². The van der Waals surface area contributed by atoms with Crippen molar-refractivity contribution in [1.29, 1.82) is 0 Å². The van der Waals surface area contributed by atoms with Crippen molar-refractivity contribution in [3.8, 4) is 0 Å². The van der Waals surface area contributed by atoms with Crippen molar-refractivity contribution >= 4 is 10.2 Å². The van der Waals surface area contributed by atoms with Gasteiger partial charge in [-0.2, -0.15) is 17.0 Å². The Morgan fingerprint density at radius 2 is 1.95 bits per heavy atom. The molecule has 2 aliphatic rings. The average molecular weight is 310 g/mol. The second-order valence-electron chi connectivity index (χ2n) is 5.64. The number of benzene rings is 1. The minimum Gasteiger partial charge on any atom is -0.379 e. The van der Waals surface area contributed by atoms with E-state index in [0.717, 1.165) is 24.8 Å². The summed E-state index contributed by atoms with van der Waals surface area (Å²) in [5.41, 5.74) is 2.43. The van der Waals surface area contributed by atoms with Crippen LogP contribution in [-0.2, 0) is 21.4 Å². The Balaban J connectivity index is 1.87. The third-order valence-electron chi connectivity index (χ3n) is 4.44. The summed E-state index contributed by atoms with van der Waals surface area (Å²) in [6.07, 6.45) is 2.96. The zero-order valence-corrected chi connectivity index (χ0v) is 13.2. The molecule has 1 aliphatic heterocycles. The summed E-state index contributed by atoms with van der Waals surface area (Å²) in [6, 6.07) is 8.13. The number of fused-ring (bicyclic) bond motifs is 1. The Hall–Kier alpha value is -0.950. The van der Waals surface area contributed by atoms with E-state index in [1.165, 1.54) is 9.87 Å². The van der Waals surface area contributed by atoms with Crippen LogP contribution in [0.2, 0.25) is 0 Å². The minimum atomic E-state index is -3.42. The van der Waals surface area contributed by atoms with E-state index in [1.807, 2.05) is 12.1 Å². The molecule has 0 spiro atoms. The van der Waals surface area contributed by atoms with Gasteiger partial charge in [-0.15, -0.1) is 0 Å². The molecule has 21 heavy (non-hydrogen) atoms. The van der Waals surface area contributed by atoms with Gasteiger partial charge in [-0.1, -0.05) is 24.3 Å². The van der Waals surface area contributed by atoms with E-state index in [9.17, 15) is 8.42 Å². The van der Waals surface area contributed by atoms with Gasteiger partial charge in [0.15, 0.2) is 0 Å². The van der Waals surface area contributed by atoms with Crippen LogP contribution in [-0.4, -0.2) is 50.4 Å². The zero-order valence-electron chi connectivity index (χ0n) is 12.4. The molecule has 3 rings (SSSR count). The van der Waals surface area contributed by atoms with Crippen LogP contribution in [0.25, 0.3) is 0 Å². The first-order chi connectivity index (χ1) is 10.1. The Morgan fingerprint density at radius 3 is 2.71 bits per heavy atom. The molecule has 1 atom stereocenters. The summed E-state index contributed by atoms with van der Waals surface area (Å²) < 4.78 is 33.9. The molecule has 0 radical (unpaired) electrons. The third kappa shape index (κ3) is 2.85. The highest BCUT2D eigenvalue weighted by atomic mass is 32.2. The van der Waals surface area contributed by atoms with E-state index in [4.69, 9.17) is 4.74 Å². The molecule has 1 saturated heterocycles. The summed E-state index contributed by atoms with van der Waals surface area (Å²) in [5.74, 6) is 0. The third-order valence-corrected chi connectivity index (χ3v) is 6.44. The van der Waals surface area contributed by atoms with Crippen LogP contribution >= 0.6 is 0 Å². The van der Waals surface area contributed by atoms with Gasteiger partial charge >= 0.3 is 0 Å². The summed E-state index contributed by atoms with van der Waals surface area (Å²) in [6.45, 7) is 1.85. The fourth-order valence-corrected chi connectivity index (χ4v) is 4.74. The first kappa shape index (κ1) is 15.0. The molecule has 116 valence electrons. The van der Waals surface area contributed by atoms with Crippen LogP contribution in [0.4, 0.5) is 0 Å². The van der Waals surface area contributed by atoms with Gasteiger partial charge in [-0.25, -0.2) is 0 Å². The van der Waals surface area contributed by atoms with Gasteiger partial charge in [0.05, 0.1) is 19.3 Å². The Kier molecular flexibility index (Phi) is 4.31. The fourth-order valence-electron chi connectivity index (χ4n) is 3.23. The summed E-state index contributed by atoms with van der Waals surface area (Å²) >= 11 is 0. The standard InChI is InChI=1S/C15H22N2O3S/c1-16(21(18,19)17-9-11-20-12-10-17)15-8-4-6-13-5-2-3-7-14(13)15/h2-3,5,7,15H,4,6,8-12H2,1H3. The summed E-state index contributed by atoms with van der Waals surface area (Å²) in [5, 5.41) is 0. The van der Waals surface area contributed by atoms with Gasteiger partial charge in [-0.05, 0) is 30.4 Å². The van der Waals surface area contributed by atoms with Crippen LogP contribution in [0.1, 0.15) is 30.0 Å². The summed E-state index contributed by atoms with van der Waals surface area (Å²) in [7, 11) is -1.71. The van der Waals surface area contributed by atoms with E-state index >= 15 is 0 Å². The molecule has 1 unspecified atom stereocenters. The molecule has 0 N–H and O–H groups in total. The molecule has 1 heterocycles. The number of hydrogen-bond acceptors (Lipinski definition) is 3. The molecule has 1 aromatic carbocycles. The van der Waals surface area contributed by atoms with E-state index in [1.54, 1.807) is 11.4 Å². The largest absolute Gasteiger partial charge is 0.379 e. The molecule has 1 aliphatic carbocycles. The van der Waals surface area contributed by atoms with Crippen LogP contribution in [0, 0.1) is 0 Å². The summed E-state index contributed by atoms with van der Waals surface area (Å²) in [4.78, 5) is 0. The second-order valence-corrected chi connectivity index (χ2v) is 7.63. The molecule has 1 aromatic rings. The topological polar surface area (TPSA) is 49.9 Å². The van der Waals surface area contributed by atoms with Crippen molar-refractivity contribution in [1.82, 2.24) is 8.61 Å². The number of nitrogens with zero attached hydrogens (tertiary/aromatic N) is 2. The molecular weight excluding hydrogens is 288 g/mol. The molecule has 5 nitrogen and oxygen atoms in total. The van der Waals surface area contributed by atoms with Crippen molar-refractivity contribution in [3.63, 3.8) is 0 Å². The van der Waals surface area contributed by atoms with Crippen molar-refractivity contribution in [2.24, 2.45) is 0 Å². The number of rotatable bonds is 3. The maximum atomic E-state index is 12.8. The SMILES string of the molecule is CN(C1CCCc2ccccc21)S(=O)(=O)N1CCOCC1. The monoisotopic (exact) mass is 310 g/mol. The van der Waals surface area contributed by atoms with Gasteiger partial charge < -0.3 is 4.74 Å². The van der Waals surface area contributed by atoms with Crippen LogP contribution in [0.15, 0.2) is 24.3 Å². The highest BCUT2D eigenvalue weighted by molar-refractivity contribution is 7.86. The van der Waals surface area contributed by atoms with Gasteiger partial charge in [0.1, 0.15) is 0 Å². The molecule has 0 amide bonds. The lowest BCUT2D eigenvalue weighted by atomic mass is 9.88. The zero-order chi connectivity index (χ0) is 14.9. The molecule has 1 fully saturated rings. The van der Waals surface area contributed by atoms with Crippen molar-refractivity contribution in [2.45, 2.75) is 25.3 Å². The lowest BCUT2D eigenvalue weighted by Crippen LogP contribution is -2.48. The fraction of sp³-hybridized carbons (Fsp3) is 0.600. The predicted octanol–water partition coefficient (Wildman–Crippen LogP) is 1.57. The predicted molar refractivity (Wildman–Crippen MR) is 81.2 cm³/mol. The number of morpholine rings is 1. The maximum Gasteiger partial charge on any atom is 0.282 e. The maximum absolute atomic E-state index is 12.8. The van der Waals surface area contributed by atoms with E-state index < -0.39 is 10.2 Å². The quantitative estimate of drug-likeness (QED) is 0.851. The molecule has 0 aromatic heterocycles. The number of aryl methyl sites for hydroxylation is 1. The Bertz CT molecular complexity index is 597. The molecule has 0 saturated carbocycles. The van der Waals surface area contributed by atoms with E-state index in [0.29, 0.717) is 26.3 Å². The second kappa shape index (κ2) is 6.04. The molecule has 0 bridgehead atoms. The van der Waals surface area contributed by atoms with Gasteiger partial charge in [0, 0.05) is 20.1 Å². The van der Waals surface area contributed by atoms with Crippen LogP contribution in [0.5, 0.6) is 0 Å². The highest BCUT2D eigenvalue weighted by Crippen LogP contribution is 2.35. The van der Waals surface area contributed by atoms with Crippen molar-refractivity contribution in [2.75, 3.05) is 33.4 Å². The van der Waals surface area contributed by atoms with Crippen molar-refractivity contribution < 1.29 is 13.2 Å². The van der Waals surface area contributed by atoms with Gasteiger partial charge in [0.2, 0.25) is 0 Å². The van der Waals surface area contributed by atoms with Crippen molar-refractivity contribution in [3.05, 3.63) is 35.4 Å². The van der Waals surface area contributed by atoms with Gasteiger partial charge in [-0.3, -0.25) is 0 Å². The number of ether oxygens (including phenoxy) is 1. The Labute approximate surface area is 126 Å². The molecular formula is C15H22N2O3S. The lowest BCUT2D eigenvalue weighted by molar-refractivity contribution is 0.0696. The van der Waals surface area contributed by atoms with E-state index in [-0.39, 0.29) is 6.04 Å². The normalized spacial score (nSPS) is 24.0. The average Bonchev–Trinajstić information content (AvgIpc) is 2.54. The smallest absolute Gasteiger partial charge is 0.282 e. The first-order valence-corrected chi connectivity index (χ1v) is 8.89. The minimum absolute atomic E-state index is 0.0530. The van der Waals surface area contributed by atoms with Crippen LogP contribution in [0.3, 0.4) is 0 Å². The molecule has 6 heteroatoms.